The first-order valence-electron chi connectivity index (χ1n) is 6.52. The summed E-state index contributed by atoms with van der Waals surface area (Å²) in [7, 11) is 1.33. The highest BCUT2D eigenvalue weighted by Crippen LogP contribution is 2.23. The first kappa shape index (κ1) is 15.8. The van der Waals surface area contributed by atoms with Crippen LogP contribution in [0.3, 0.4) is 0 Å². The van der Waals surface area contributed by atoms with Gasteiger partial charge in [0.2, 0.25) is 0 Å². The first-order valence-corrected chi connectivity index (χ1v) is 6.52. The molecule has 1 N–H and O–H groups in total. The summed E-state index contributed by atoms with van der Waals surface area (Å²) >= 11 is 0. The third-order valence-electron chi connectivity index (χ3n) is 3.52. The normalized spacial score (nSPS) is 17.6. The van der Waals surface area contributed by atoms with Crippen molar-refractivity contribution in [1.82, 2.24) is 4.90 Å². The van der Waals surface area contributed by atoms with E-state index in [9.17, 15) is 23.1 Å². The molecule has 1 amide bonds. The molecule has 4 nitrogen and oxygen atoms in total. The Morgan fingerprint density at radius 3 is 2.33 bits per heavy atom. The number of hydrogen-bond acceptors (Lipinski definition) is 3. The largest absolute Gasteiger partial charge is 0.388 e. The molecule has 0 radical (unpaired) electrons. The molecule has 1 saturated heterocycles. The van der Waals surface area contributed by atoms with E-state index in [1.807, 2.05) is 0 Å². The predicted octanol–water partition coefficient (Wildman–Crippen LogP) is 1.72. The van der Waals surface area contributed by atoms with Crippen LogP contribution in [0.5, 0.6) is 0 Å². The maximum Gasteiger partial charge on any atom is 0.259 e. The van der Waals surface area contributed by atoms with Gasteiger partial charge in [-0.05, 0) is 0 Å². The fraction of sp³-hybridized carbons (Fsp3) is 0.500. The number of likely N-dealkylation sites (N-methyl/N-ethyl adjacent to an activating group) is 1. The third-order valence-corrected chi connectivity index (χ3v) is 3.52. The first-order chi connectivity index (χ1) is 9.82. The SMILES string of the molecule is CN(CC1(O)CCOCC1)C(=O)c1c(F)cc(F)cc1F. The van der Waals surface area contributed by atoms with E-state index < -0.39 is 34.5 Å². The molecule has 0 bridgehead atoms. The van der Waals surface area contributed by atoms with Crippen LogP contribution in [0.15, 0.2) is 12.1 Å². The molecule has 1 aliphatic rings. The molecule has 1 aromatic carbocycles. The summed E-state index contributed by atoms with van der Waals surface area (Å²) in [5, 5.41) is 10.3. The Bertz CT molecular complexity index is 521. The van der Waals surface area contributed by atoms with Gasteiger partial charge in [0.1, 0.15) is 23.0 Å². The molecule has 0 saturated carbocycles. The van der Waals surface area contributed by atoms with Crippen molar-refractivity contribution in [1.29, 1.82) is 0 Å². The average Bonchev–Trinajstić information content (AvgIpc) is 2.37. The standard InChI is InChI=1S/C14H16F3NO3/c1-18(8-14(20)2-4-21-5-3-14)13(19)12-10(16)6-9(15)7-11(12)17/h6-7,20H,2-5,8H2,1H3. The van der Waals surface area contributed by atoms with E-state index in [-0.39, 0.29) is 6.54 Å². The van der Waals surface area contributed by atoms with E-state index in [2.05, 4.69) is 0 Å². The summed E-state index contributed by atoms with van der Waals surface area (Å²) in [4.78, 5) is 13.1. The maximum absolute atomic E-state index is 13.6. The van der Waals surface area contributed by atoms with Gasteiger partial charge in [-0.2, -0.15) is 0 Å². The van der Waals surface area contributed by atoms with Crippen molar-refractivity contribution < 1.29 is 27.8 Å². The molecule has 1 heterocycles. The lowest BCUT2D eigenvalue weighted by Gasteiger charge is -2.35. The van der Waals surface area contributed by atoms with E-state index in [1.54, 1.807) is 0 Å². The molecule has 0 aliphatic carbocycles. The third kappa shape index (κ3) is 3.54. The second-order valence-electron chi connectivity index (χ2n) is 5.24. The van der Waals surface area contributed by atoms with Crippen molar-refractivity contribution in [2.24, 2.45) is 0 Å². The number of aliphatic hydroxyl groups is 1. The van der Waals surface area contributed by atoms with E-state index >= 15 is 0 Å². The fourth-order valence-corrected chi connectivity index (χ4v) is 2.36. The highest BCUT2D eigenvalue weighted by atomic mass is 19.1. The number of carbonyl (C=O) groups excluding carboxylic acids is 1. The number of hydrogen-bond donors (Lipinski definition) is 1. The average molecular weight is 303 g/mol. The smallest absolute Gasteiger partial charge is 0.259 e. The van der Waals surface area contributed by atoms with Gasteiger partial charge in [-0.25, -0.2) is 13.2 Å². The molecule has 1 aliphatic heterocycles. The molecular weight excluding hydrogens is 287 g/mol. The molecule has 1 aromatic rings. The van der Waals surface area contributed by atoms with E-state index in [0.717, 1.165) is 4.90 Å². The maximum atomic E-state index is 13.6. The predicted molar refractivity (Wildman–Crippen MR) is 68.3 cm³/mol. The van der Waals surface area contributed by atoms with Crippen molar-refractivity contribution in [3.05, 3.63) is 35.1 Å². The van der Waals surface area contributed by atoms with Crippen LogP contribution in [0, 0.1) is 17.5 Å². The number of ether oxygens (including phenoxy) is 1. The van der Waals surface area contributed by atoms with Crippen molar-refractivity contribution in [2.45, 2.75) is 18.4 Å². The van der Waals surface area contributed by atoms with Gasteiger partial charge < -0.3 is 14.7 Å². The zero-order valence-electron chi connectivity index (χ0n) is 11.5. The van der Waals surface area contributed by atoms with Crippen LogP contribution < -0.4 is 0 Å². The van der Waals surface area contributed by atoms with Gasteiger partial charge in [-0.3, -0.25) is 4.79 Å². The molecule has 0 unspecified atom stereocenters. The topological polar surface area (TPSA) is 49.8 Å². The Hall–Kier alpha value is -1.60. The monoisotopic (exact) mass is 303 g/mol. The number of rotatable bonds is 3. The summed E-state index contributed by atoms with van der Waals surface area (Å²) in [6.45, 7) is 0.640. The van der Waals surface area contributed by atoms with Gasteiger partial charge in [-0.15, -0.1) is 0 Å². The lowest BCUT2D eigenvalue weighted by Crippen LogP contribution is -2.47. The molecular formula is C14H16F3NO3. The van der Waals surface area contributed by atoms with Crippen LogP contribution in [0.4, 0.5) is 13.2 Å². The molecule has 1 fully saturated rings. The van der Waals surface area contributed by atoms with Gasteiger partial charge >= 0.3 is 0 Å². The molecule has 116 valence electrons. The lowest BCUT2D eigenvalue weighted by atomic mass is 9.93. The Morgan fingerprint density at radius 2 is 1.81 bits per heavy atom. The fourth-order valence-electron chi connectivity index (χ4n) is 2.36. The Labute approximate surface area is 120 Å². The van der Waals surface area contributed by atoms with Crippen molar-refractivity contribution >= 4 is 5.91 Å². The minimum atomic E-state index is -1.26. The van der Waals surface area contributed by atoms with Gasteiger partial charge in [0, 0.05) is 51.8 Å². The van der Waals surface area contributed by atoms with Gasteiger partial charge in [0.05, 0.1) is 5.60 Å². The number of benzene rings is 1. The minimum absolute atomic E-state index is 0.0779. The molecule has 0 atom stereocenters. The van der Waals surface area contributed by atoms with Gasteiger partial charge in [-0.1, -0.05) is 0 Å². The summed E-state index contributed by atoms with van der Waals surface area (Å²) in [5.41, 5.74) is -1.97. The highest BCUT2D eigenvalue weighted by molar-refractivity contribution is 5.94. The van der Waals surface area contributed by atoms with Crippen LogP contribution in [0.1, 0.15) is 23.2 Å². The van der Waals surface area contributed by atoms with Crippen LogP contribution in [0.25, 0.3) is 0 Å². The molecule has 0 aromatic heterocycles. The van der Waals surface area contributed by atoms with Crippen molar-refractivity contribution in [3.8, 4) is 0 Å². The van der Waals surface area contributed by atoms with E-state index in [4.69, 9.17) is 4.74 Å². The van der Waals surface area contributed by atoms with Crippen LogP contribution in [-0.2, 0) is 4.74 Å². The van der Waals surface area contributed by atoms with Gasteiger partial charge in [0.15, 0.2) is 0 Å². The second-order valence-corrected chi connectivity index (χ2v) is 5.24. The summed E-state index contributed by atoms with van der Waals surface area (Å²) in [6, 6.07) is 0.903. The Morgan fingerprint density at radius 1 is 1.29 bits per heavy atom. The summed E-state index contributed by atoms with van der Waals surface area (Å²) < 4.78 is 45.1. The van der Waals surface area contributed by atoms with Crippen LogP contribution in [0.2, 0.25) is 0 Å². The minimum Gasteiger partial charge on any atom is -0.388 e. The number of amides is 1. The number of halogens is 3. The Balaban J connectivity index is 2.16. The summed E-state index contributed by atoms with van der Waals surface area (Å²) in [6.07, 6.45) is 0.665. The van der Waals surface area contributed by atoms with Crippen LogP contribution in [-0.4, -0.2) is 48.3 Å². The Kier molecular flexibility index (Phi) is 4.53. The molecule has 21 heavy (non-hydrogen) atoms. The lowest BCUT2D eigenvalue weighted by molar-refractivity contribution is -0.0735. The second kappa shape index (κ2) is 6.03. The zero-order chi connectivity index (χ0) is 15.6. The number of nitrogens with zero attached hydrogens (tertiary/aromatic N) is 1. The molecule has 0 spiro atoms. The summed E-state index contributed by atoms with van der Waals surface area (Å²) in [5.74, 6) is -4.55. The highest BCUT2D eigenvalue weighted by Gasteiger charge is 2.33. The van der Waals surface area contributed by atoms with Crippen molar-refractivity contribution in [2.75, 3.05) is 26.8 Å². The zero-order valence-corrected chi connectivity index (χ0v) is 11.5. The van der Waals surface area contributed by atoms with Crippen LogP contribution >= 0.6 is 0 Å². The number of carbonyl (C=O) groups is 1. The van der Waals surface area contributed by atoms with E-state index in [0.29, 0.717) is 38.2 Å². The molecule has 2 rings (SSSR count). The quantitative estimate of drug-likeness (QED) is 0.925. The van der Waals surface area contributed by atoms with Crippen molar-refractivity contribution in [3.63, 3.8) is 0 Å². The van der Waals surface area contributed by atoms with Gasteiger partial charge in [0.25, 0.3) is 5.91 Å². The molecule has 7 heteroatoms. The van der Waals surface area contributed by atoms with E-state index in [1.165, 1.54) is 7.05 Å².